The molecular weight excluding hydrogens is 551 g/mol. The molecule has 4 aromatic rings. The minimum absolute atomic E-state index is 0.0855. The van der Waals surface area contributed by atoms with Gasteiger partial charge >= 0.3 is 0 Å². The van der Waals surface area contributed by atoms with Crippen molar-refractivity contribution in [3.63, 3.8) is 0 Å². The first-order valence-corrected chi connectivity index (χ1v) is 12.9. The highest BCUT2D eigenvalue weighted by Gasteiger charge is 2.39. The van der Waals surface area contributed by atoms with Crippen LogP contribution in [0.4, 0.5) is 11.4 Å². The van der Waals surface area contributed by atoms with Gasteiger partial charge in [-0.15, -0.1) is 0 Å². The van der Waals surface area contributed by atoms with Crippen LogP contribution in [0.1, 0.15) is 68.5 Å². The highest BCUT2D eigenvalue weighted by atomic mass is 35.5. The van der Waals surface area contributed by atoms with Gasteiger partial charge in [0, 0.05) is 21.2 Å². The molecule has 2 heterocycles. The highest BCUT2D eigenvalue weighted by Crippen LogP contribution is 2.34. The summed E-state index contributed by atoms with van der Waals surface area (Å²) in [6.07, 6.45) is 0. The topological polar surface area (TPSA) is 91.8 Å². The van der Waals surface area contributed by atoms with Gasteiger partial charge in [-0.25, -0.2) is 9.80 Å². The third-order valence-electron chi connectivity index (χ3n) is 7.12. The van der Waals surface area contributed by atoms with Crippen LogP contribution in [0.2, 0.25) is 10.0 Å². The van der Waals surface area contributed by atoms with Gasteiger partial charge in [-0.2, -0.15) is 0 Å². The predicted octanol–water partition coefficient (Wildman–Crippen LogP) is 6.44. The van der Waals surface area contributed by atoms with Gasteiger partial charge in [0.05, 0.1) is 33.6 Å². The van der Waals surface area contributed by atoms with E-state index in [1.54, 1.807) is 36.4 Å². The van der Waals surface area contributed by atoms with E-state index in [1.807, 2.05) is 13.8 Å². The number of imide groups is 2. The number of anilines is 2. The minimum atomic E-state index is -0.573. The summed E-state index contributed by atoms with van der Waals surface area (Å²) in [7, 11) is 0. The minimum Gasteiger partial charge on any atom is -0.289 e. The van der Waals surface area contributed by atoms with E-state index in [4.69, 9.17) is 23.2 Å². The number of hydrogen-bond donors (Lipinski definition) is 0. The van der Waals surface area contributed by atoms with Crippen LogP contribution in [0, 0.1) is 13.8 Å². The van der Waals surface area contributed by atoms with Crippen LogP contribution in [-0.2, 0) is 0 Å². The van der Waals surface area contributed by atoms with Crippen molar-refractivity contribution >= 4 is 64.0 Å². The van der Waals surface area contributed by atoms with E-state index in [-0.39, 0.29) is 33.4 Å². The van der Waals surface area contributed by atoms with E-state index in [9.17, 15) is 24.0 Å². The van der Waals surface area contributed by atoms with Crippen LogP contribution in [0.5, 0.6) is 0 Å². The van der Waals surface area contributed by atoms with Gasteiger partial charge < -0.3 is 0 Å². The zero-order valence-corrected chi connectivity index (χ0v) is 22.6. The molecule has 0 aliphatic carbocycles. The summed E-state index contributed by atoms with van der Waals surface area (Å²) in [5.41, 5.74) is 3.08. The zero-order chi connectivity index (χ0) is 28.5. The first-order chi connectivity index (χ1) is 19.1. The summed E-state index contributed by atoms with van der Waals surface area (Å²) in [5.74, 6) is -2.65. The fourth-order valence-corrected chi connectivity index (χ4v) is 5.19. The van der Waals surface area contributed by atoms with Crippen molar-refractivity contribution in [3.05, 3.63) is 127 Å². The van der Waals surface area contributed by atoms with Crippen molar-refractivity contribution in [2.75, 3.05) is 9.80 Å². The summed E-state index contributed by atoms with van der Waals surface area (Å²) < 4.78 is 0. The van der Waals surface area contributed by atoms with Crippen molar-refractivity contribution in [3.8, 4) is 0 Å². The third-order valence-corrected chi connectivity index (χ3v) is 7.94. The fourth-order valence-electron chi connectivity index (χ4n) is 4.84. The number of ketones is 1. The second-order valence-electron chi connectivity index (χ2n) is 9.61. The Hall–Kier alpha value is -4.59. The summed E-state index contributed by atoms with van der Waals surface area (Å²) in [6, 6.07) is 18.3. The van der Waals surface area contributed by atoms with Gasteiger partial charge in [-0.3, -0.25) is 24.0 Å². The number of halogens is 2. The zero-order valence-electron chi connectivity index (χ0n) is 21.1. The molecule has 6 rings (SSSR count). The van der Waals surface area contributed by atoms with Gasteiger partial charge in [0.15, 0.2) is 5.78 Å². The second-order valence-corrected chi connectivity index (χ2v) is 10.4. The highest BCUT2D eigenvalue weighted by molar-refractivity contribution is 6.37. The normalized spacial score (nSPS) is 14.2. The molecule has 9 heteroatoms. The number of fused-ring (bicyclic) bond motifs is 2. The monoisotopic (exact) mass is 568 g/mol. The third kappa shape index (κ3) is 3.86. The van der Waals surface area contributed by atoms with Crippen molar-refractivity contribution in [2.45, 2.75) is 13.8 Å². The molecule has 0 aromatic heterocycles. The SMILES string of the molecule is Cc1ccc(N2C(=O)c3ccc(C(=O)c4ccc5c(c4)C(=O)N(c4ccc(C)c(Cl)c4)C5=O)cc3C2=O)cc1Cl. The second kappa shape index (κ2) is 9.26. The van der Waals surface area contributed by atoms with Crippen LogP contribution in [0.15, 0.2) is 72.8 Å². The van der Waals surface area contributed by atoms with Crippen molar-refractivity contribution in [2.24, 2.45) is 0 Å². The lowest BCUT2D eigenvalue weighted by Crippen LogP contribution is -2.29. The van der Waals surface area contributed by atoms with Gasteiger partial charge in [0.1, 0.15) is 0 Å². The summed E-state index contributed by atoms with van der Waals surface area (Å²) in [4.78, 5) is 68.0. The Kier molecular flexibility index (Phi) is 5.94. The molecule has 0 saturated carbocycles. The van der Waals surface area contributed by atoms with Crippen molar-refractivity contribution < 1.29 is 24.0 Å². The molecular formula is C31H18Cl2N2O5. The fraction of sp³-hybridized carbons (Fsp3) is 0.0645. The molecule has 0 spiro atoms. The van der Waals surface area contributed by atoms with Crippen LogP contribution in [0.25, 0.3) is 0 Å². The molecule has 4 amide bonds. The van der Waals surface area contributed by atoms with E-state index in [2.05, 4.69) is 0 Å². The average Bonchev–Trinajstić information content (AvgIpc) is 3.34. The molecule has 2 aliphatic rings. The first kappa shape index (κ1) is 25.7. The number of carbonyl (C=O) groups is 5. The van der Waals surface area contributed by atoms with Gasteiger partial charge in [0.25, 0.3) is 23.6 Å². The molecule has 0 radical (unpaired) electrons. The number of amides is 4. The Morgan fingerprint density at radius 2 is 0.900 bits per heavy atom. The maximum atomic E-state index is 13.4. The predicted molar refractivity (Wildman–Crippen MR) is 151 cm³/mol. The Bertz CT molecular complexity index is 1730. The maximum absolute atomic E-state index is 13.4. The van der Waals surface area contributed by atoms with E-state index < -0.39 is 29.4 Å². The van der Waals surface area contributed by atoms with Crippen molar-refractivity contribution in [1.29, 1.82) is 0 Å². The van der Waals surface area contributed by atoms with Crippen LogP contribution in [-0.4, -0.2) is 29.4 Å². The van der Waals surface area contributed by atoms with E-state index in [0.717, 1.165) is 20.9 Å². The maximum Gasteiger partial charge on any atom is 0.266 e. The summed E-state index contributed by atoms with van der Waals surface area (Å²) in [5, 5.41) is 0.831. The van der Waals surface area contributed by atoms with Gasteiger partial charge in [-0.05, 0) is 73.5 Å². The number of rotatable bonds is 4. The smallest absolute Gasteiger partial charge is 0.266 e. The Labute approximate surface area is 238 Å². The number of benzene rings is 4. The molecule has 0 atom stereocenters. The standard InChI is InChI=1S/C31H18Cl2N2O5/c1-15-3-7-19(13-25(15)32)34-28(37)21-9-5-17(11-23(21)30(34)39)27(36)18-6-10-22-24(12-18)31(40)35(29(22)38)20-8-4-16(2)26(33)14-20/h3-14H,1-2H3. The first-order valence-electron chi connectivity index (χ1n) is 12.2. The van der Waals surface area contributed by atoms with E-state index >= 15 is 0 Å². The van der Waals surface area contributed by atoms with Crippen LogP contribution >= 0.6 is 23.2 Å². The number of carbonyl (C=O) groups excluding carboxylic acids is 5. The molecule has 0 N–H and O–H groups in total. The molecule has 0 unspecified atom stereocenters. The number of aryl methyl sites for hydroxylation is 2. The van der Waals surface area contributed by atoms with E-state index in [1.165, 1.54) is 36.4 Å². The molecule has 40 heavy (non-hydrogen) atoms. The van der Waals surface area contributed by atoms with Gasteiger partial charge in [0.2, 0.25) is 0 Å². The van der Waals surface area contributed by atoms with Crippen LogP contribution < -0.4 is 9.80 Å². The lowest BCUT2D eigenvalue weighted by atomic mass is 9.96. The molecule has 0 fully saturated rings. The Morgan fingerprint density at radius 3 is 1.27 bits per heavy atom. The van der Waals surface area contributed by atoms with Crippen molar-refractivity contribution in [1.82, 2.24) is 0 Å². The Balaban J connectivity index is 1.31. The molecule has 196 valence electrons. The van der Waals surface area contributed by atoms with E-state index in [0.29, 0.717) is 21.4 Å². The van der Waals surface area contributed by atoms with Gasteiger partial charge in [-0.1, -0.05) is 47.5 Å². The lowest BCUT2D eigenvalue weighted by molar-refractivity contribution is 0.0910. The van der Waals surface area contributed by atoms with Crippen LogP contribution in [0.3, 0.4) is 0 Å². The summed E-state index contributed by atoms with van der Waals surface area (Å²) >= 11 is 12.4. The lowest BCUT2D eigenvalue weighted by Gasteiger charge is -2.14. The molecule has 0 saturated heterocycles. The summed E-state index contributed by atoms with van der Waals surface area (Å²) in [6.45, 7) is 3.62. The average molecular weight is 569 g/mol. The molecule has 4 aromatic carbocycles. The molecule has 0 bridgehead atoms. The quantitative estimate of drug-likeness (QED) is 0.208. The molecule has 7 nitrogen and oxygen atoms in total. The number of hydrogen-bond acceptors (Lipinski definition) is 5. The molecule has 2 aliphatic heterocycles. The Morgan fingerprint density at radius 1 is 0.525 bits per heavy atom. The largest absolute Gasteiger partial charge is 0.289 e. The number of nitrogens with zero attached hydrogens (tertiary/aromatic N) is 2.